The second-order valence-corrected chi connectivity index (χ2v) is 7.43. The highest BCUT2D eigenvalue weighted by Crippen LogP contribution is 2.32. The smallest absolute Gasteiger partial charge is 0.337 e. The first-order valence-corrected chi connectivity index (χ1v) is 9.76. The normalized spacial score (nSPS) is 11.7. The highest BCUT2D eigenvalue weighted by atomic mass is 16.4. The topological polar surface area (TPSA) is 92.4 Å². The van der Waals surface area contributed by atoms with Crippen LogP contribution in [0.2, 0.25) is 0 Å². The predicted octanol–water partition coefficient (Wildman–Crippen LogP) is 4.94. The first kappa shape index (κ1) is 20.2. The summed E-state index contributed by atoms with van der Waals surface area (Å²) in [6.07, 6.45) is 2.91. The lowest BCUT2D eigenvalue weighted by Gasteiger charge is -2.19. The van der Waals surface area contributed by atoms with Gasteiger partial charge in [0, 0.05) is 22.9 Å². The Morgan fingerprint density at radius 3 is 2.74 bits per heavy atom. The summed E-state index contributed by atoms with van der Waals surface area (Å²) in [6.45, 7) is 5.54. The number of hydrogen-bond acceptors (Lipinski definition) is 5. The molecule has 0 amide bonds. The molecule has 6 nitrogen and oxygen atoms in total. The van der Waals surface area contributed by atoms with Gasteiger partial charge in [-0.3, -0.25) is 9.78 Å². The zero-order valence-electron chi connectivity index (χ0n) is 17.3. The summed E-state index contributed by atoms with van der Waals surface area (Å²) in [5, 5.41) is 13.2. The van der Waals surface area contributed by atoms with Gasteiger partial charge in [-0.1, -0.05) is 18.2 Å². The van der Waals surface area contributed by atoms with Crippen LogP contribution in [-0.2, 0) is 0 Å². The van der Waals surface area contributed by atoms with Crippen molar-refractivity contribution >= 4 is 22.6 Å². The first-order valence-electron chi connectivity index (χ1n) is 9.76. The van der Waals surface area contributed by atoms with E-state index in [9.17, 15) is 14.7 Å². The van der Waals surface area contributed by atoms with Crippen molar-refractivity contribution in [1.82, 2.24) is 4.98 Å². The van der Waals surface area contributed by atoms with E-state index in [0.717, 1.165) is 16.7 Å². The van der Waals surface area contributed by atoms with Crippen molar-refractivity contribution in [2.24, 2.45) is 0 Å². The van der Waals surface area contributed by atoms with Crippen LogP contribution in [0.3, 0.4) is 0 Å². The maximum Gasteiger partial charge on any atom is 0.337 e. The zero-order valence-corrected chi connectivity index (χ0v) is 17.3. The van der Waals surface area contributed by atoms with Crippen LogP contribution in [0.15, 0.2) is 58.0 Å². The fourth-order valence-corrected chi connectivity index (χ4v) is 3.66. The van der Waals surface area contributed by atoms with Gasteiger partial charge in [-0.05, 0) is 56.7 Å². The average Bonchev–Trinajstić information content (AvgIpc) is 2.77. The van der Waals surface area contributed by atoms with Crippen LogP contribution in [0.1, 0.15) is 40.0 Å². The number of aromatic carboxylic acids is 1. The number of rotatable bonds is 5. The molecule has 0 fully saturated rings. The summed E-state index contributed by atoms with van der Waals surface area (Å²) in [5.74, 6) is -0.569. The first-order chi connectivity index (χ1) is 14.9. The SMILES string of the molecule is Cc1cc(C(C)Nc2cnccc2C(=O)O)c2oc(-c3cc#ccc3)c(C)c(=O)c2c1. The van der Waals surface area contributed by atoms with Gasteiger partial charge in [-0.25, -0.2) is 4.79 Å². The van der Waals surface area contributed by atoms with E-state index in [0.29, 0.717) is 28.0 Å². The van der Waals surface area contributed by atoms with Crippen LogP contribution in [0.4, 0.5) is 5.69 Å². The molecule has 1 atom stereocenters. The lowest BCUT2D eigenvalue weighted by Crippen LogP contribution is -2.14. The standard InChI is InChI=1S/C25H20N2O4/c1-14-11-19(16(3)27-21-13-26-10-9-18(21)25(29)30)24-20(12-14)22(28)15(2)23(31-24)17-7-5-4-6-8-17/h5,7-13,16,27H,1-3H3,(H,29,30). The van der Waals surface area contributed by atoms with Crippen LogP contribution < -0.4 is 10.7 Å². The number of carboxylic acid groups (broad SMARTS) is 1. The maximum atomic E-state index is 13.2. The van der Waals surface area contributed by atoms with E-state index in [1.807, 2.05) is 32.0 Å². The molecule has 4 rings (SSSR count). The molecule has 31 heavy (non-hydrogen) atoms. The largest absolute Gasteiger partial charge is 0.478 e. The number of nitrogens with one attached hydrogen (secondary N) is 1. The molecule has 0 aliphatic carbocycles. The second kappa shape index (κ2) is 7.96. The molecule has 0 spiro atoms. The van der Waals surface area contributed by atoms with Crippen molar-refractivity contribution in [2.75, 3.05) is 5.32 Å². The third kappa shape index (κ3) is 3.74. The van der Waals surface area contributed by atoms with Gasteiger partial charge in [-0.2, -0.15) is 0 Å². The Hall–Kier alpha value is -4.11. The summed E-state index contributed by atoms with van der Waals surface area (Å²) in [6, 6.07) is 15.8. The molecule has 4 aromatic rings. The molecule has 2 aromatic heterocycles. The molecule has 6 heteroatoms. The fraction of sp³-hybridized carbons (Fsp3) is 0.160. The molecule has 154 valence electrons. The number of benzene rings is 1. The Kier molecular flexibility index (Phi) is 5.18. The van der Waals surface area contributed by atoms with Crippen molar-refractivity contribution < 1.29 is 14.3 Å². The molecule has 1 unspecified atom stereocenters. The lowest BCUT2D eigenvalue weighted by atomic mass is 9.99. The number of nitrogens with zero attached hydrogens (tertiary/aromatic N) is 1. The lowest BCUT2D eigenvalue weighted by molar-refractivity contribution is 0.0697. The molecular weight excluding hydrogens is 392 g/mol. The minimum Gasteiger partial charge on any atom is -0.478 e. The van der Waals surface area contributed by atoms with Crippen molar-refractivity contribution in [2.45, 2.75) is 26.8 Å². The number of aryl methyl sites for hydroxylation is 1. The number of pyridine rings is 1. The van der Waals surface area contributed by atoms with Crippen molar-refractivity contribution in [3.8, 4) is 11.3 Å². The summed E-state index contributed by atoms with van der Waals surface area (Å²) >= 11 is 0. The van der Waals surface area contributed by atoms with Gasteiger partial charge in [0.25, 0.3) is 0 Å². The highest BCUT2D eigenvalue weighted by Gasteiger charge is 2.20. The number of aromatic nitrogens is 1. The Morgan fingerprint density at radius 1 is 1.23 bits per heavy atom. The van der Waals surface area contributed by atoms with E-state index < -0.39 is 5.97 Å². The van der Waals surface area contributed by atoms with E-state index in [1.54, 1.807) is 19.1 Å². The van der Waals surface area contributed by atoms with E-state index in [-0.39, 0.29) is 17.0 Å². The van der Waals surface area contributed by atoms with E-state index in [2.05, 4.69) is 22.4 Å². The Bertz CT molecular complexity index is 1340. The summed E-state index contributed by atoms with van der Waals surface area (Å²) in [5.41, 5.74) is 3.78. The van der Waals surface area contributed by atoms with Crippen molar-refractivity contribution in [3.63, 3.8) is 0 Å². The fourth-order valence-electron chi connectivity index (χ4n) is 3.66. The quantitative estimate of drug-likeness (QED) is 0.482. The highest BCUT2D eigenvalue weighted by molar-refractivity contribution is 5.94. The molecule has 0 saturated heterocycles. The Balaban J connectivity index is 1.89. The average molecular weight is 412 g/mol. The van der Waals surface area contributed by atoms with Gasteiger partial charge in [-0.15, -0.1) is 0 Å². The van der Waals surface area contributed by atoms with Crippen LogP contribution in [-0.4, -0.2) is 16.1 Å². The molecular formula is C25H20N2O4. The van der Waals surface area contributed by atoms with Crippen LogP contribution in [0, 0.1) is 26.0 Å². The summed E-state index contributed by atoms with van der Waals surface area (Å²) in [7, 11) is 0. The van der Waals surface area contributed by atoms with Crippen LogP contribution in [0.5, 0.6) is 0 Å². The summed E-state index contributed by atoms with van der Waals surface area (Å²) in [4.78, 5) is 28.7. The van der Waals surface area contributed by atoms with E-state index >= 15 is 0 Å². The number of carbonyl (C=O) groups is 1. The van der Waals surface area contributed by atoms with Crippen molar-refractivity contribution in [1.29, 1.82) is 0 Å². The predicted molar refractivity (Wildman–Crippen MR) is 118 cm³/mol. The number of fused-ring (bicyclic) bond motifs is 1. The zero-order chi connectivity index (χ0) is 22.1. The van der Waals surface area contributed by atoms with E-state index in [1.165, 1.54) is 18.5 Å². The van der Waals surface area contributed by atoms with Gasteiger partial charge < -0.3 is 14.8 Å². The van der Waals surface area contributed by atoms with Crippen LogP contribution >= 0.6 is 0 Å². The minimum absolute atomic E-state index is 0.103. The Labute approximate surface area is 179 Å². The van der Waals surface area contributed by atoms with Gasteiger partial charge in [0.05, 0.1) is 28.9 Å². The Morgan fingerprint density at radius 2 is 2.03 bits per heavy atom. The monoisotopic (exact) mass is 412 g/mol. The number of carboxylic acids is 1. The second-order valence-electron chi connectivity index (χ2n) is 7.43. The molecule has 0 bridgehead atoms. The third-order valence-electron chi connectivity index (χ3n) is 5.20. The molecule has 0 saturated carbocycles. The maximum absolute atomic E-state index is 13.2. The third-order valence-corrected chi connectivity index (χ3v) is 5.20. The molecule has 0 aliphatic rings. The molecule has 0 radical (unpaired) electrons. The van der Waals surface area contributed by atoms with Gasteiger partial charge in [0.15, 0.2) is 5.43 Å². The number of anilines is 1. The van der Waals surface area contributed by atoms with Gasteiger partial charge in [0.1, 0.15) is 11.3 Å². The van der Waals surface area contributed by atoms with E-state index in [4.69, 9.17) is 4.42 Å². The molecule has 2 heterocycles. The minimum atomic E-state index is -1.05. The molecule has 2 aromatic carbocycles. The molecule has 2 N–H and O–H groups in total. The van der Waals surface area contributed by atoms with Gasteiger partial charge >= 0.3 is 5.97 Å². The number of hydrogen-bond donors (Lipinski definition) is 2. The molecule has 0 aliphatic heterocycles. The van der Waals surface area contributed by atoms with Crippen molar-refractivity contribution in [3.05, 3.63) is 93.4 Å². The van der Waals surface area contributed by atoms with Gasteiger partial charge in [0.2, 0.25) is 0 Å². The van der Waals surface area contributed by atoms with Crippen LogP contribution in [0.25, 0.3) is 22.3 Å². The summed E-state index contributed by atoms with van der Waals surface area (Å²) < 4.78 is 6.28.